The van der Waals surface area contributed by atoms with Crippen molar-refractivity contribution in [3.05, 3.63) is 65.5 Å². The maximum atomic E-state index is 12.3. The second-order valence-electron chi connectivity index (χ2n) is 6.63. The van der Waals surface area contributed by atoms with Gasteiger partial charge in [0.05, 0.1) is 12.1 Å². The van der Waals surface area contributed by atoms with Crippen molar-refractivity contribution in [2.24, 2.45) is 5.92 Å². The van der Waals surface area contributed by atoms with Gasteiger partial charge in [-0.25, -0.2) is 4.79 Å². The molecule has 0 bridgehead atoms. The number of amides is 2. The first-order valence-electron chi connectivity index (χ1n) is 8.81. The van der Waals surface area contributed by atoms with Gasteiger partial charge in [-0.15, -0.1) is 0 Å². The Hall–Kier alpha value is -3.22. The lowest BCUT2D eigenvalue weighted by atomic mass is 9.99. The molecule has 140 valence electrons. The molecular weight excluding hydrogens is 346 g/mol. The average molecular weight is 367 g/mol. The monoisotopic (exact) mass is 367 g/mol. The lowest BCUT2D eigenvalue weighted by molar-refractivity contribution is -0.129. The van der Waals surface area contributed by atoms with Crippen LogP contribution in [0.4, 0.5) is 0 Å². The lowest BCUT2D eigenvalue weighted by Crippen LogP contribution is -2.39. The Morgan fingerprint density at radius 3 is 2.67 bits per heavy atom. The first-order valence-corrected chi connectivity index (χ1v) is 8.81. The number of nitrogens with one attached hydrogen (secondary N) is 1. The van der Waals surface area contributed by atoms with E-state index in [0.717, 1.165) is 12.0 Å². The minimum atomic E-state index is -0.998. The fraction of sp³-hybridized carbons (Fsp3) is 0.300. The van der Waals surface area contributed by atoms with E-state index in [4.69, 9.17) is 5.11 Å². The molecule has 3 rings (SSSR count). The Bertz CT molecular complexity index is 838. The second-order valence-corrected chi connectivity index (χ2v) is 6.63. The molecule has 7 heteroatoms. The molecule has 2 heterocycles. The molecule has 0 aliphatic carbocycles. The molecule has 1 atom stereocenters. The maximum absolute atomic E-state index is 12.3. The Labute approximate surface area is 157 Å². The van der Waals surface area contributed by atoms with Gasteiger partial charge < -0.3 is 15.3 Å². The molecule has 7 nitrogen and oxygen atoms in total. The summed E-state index contributed by atoms with van der Waals surface area (Å²) in [6, 6.07) is 10.4. The summed E-state index contributed by atoms with van der Waals surface area (Å²) in [5, 5.41) is 11.7. The number of hydrogen-bond donors (Lipinski definition) is 2. The molecule has 0 saturated carbocycles. The number of carbonyl (C=O) groups is 3. The highest BCUT2D eigenvalue weighted by molar-refractivity contribution is 5.96. The average Bonchev–Trinajstić information content (AvgIpc) is 3.15. The maximum Gasteiger partial charge on any atom is 0.337 e. The highest BCUT2D eigenvalue weighted by Gasteiger charge is 2.26. The van der Waals surface area contributed by atoms with Crippen molar-refractivity contribution in [1.82, 2.24) is 15.2 Å². The molecule has 0 radical (unpaired) electrons. The smallest absolute Gasteiger partial charge is 0.337 e. The summed E-state index contributed by atoms with van der Waals surface area (Å²) < 4.78 is 0. The predicted octanol–water partition coefficient (Wildman–Crippen LogP) is 1.60. The molecule has 1 unspecified atom stereocenters. The molecule has 1 aromatic carbocycles. The van der Waals surface area contributed by atoms with E-state index < -0.39 is 5.97 Å². The van der Waals surface area contributed by atoms with E-state index >= 15 is 0 Å². The van der Waals surface area contributed by atoms with Gasteiger partial charge >= 0.3 is 5.97 Å². The highest BCUT2D eigenvalue weighted by atomic mass is 16.4. The summed E-state index contributed by atoms with van der Waals surface area (Å²) >= 11 is 0. The number of hydrogen-bond acceptors (Lipinski definition) is 4. The van der Waals surface area contributed by atoms with Crippen molar-refractivity contribution in [3.63, 3.8) is 0 Å². The molecule has 1 aromatic heterocycles. The SMILES string of the molecule is O=C(O)c1cncc(CC2CCN(C(=O)CNC(=O)c3ccccc3)C2)c1. The quantitative estimate of drug-likeness (QED) is 0.808. The van der Waals surface area contributed by atoms with E-state index in [1.165, 1.54) is 6.20 Å². The first-order chi connectivity index (χ1) is 13.0. The van der Waals surface area contributed by atoms with Crippen LogP contribution < -0.4 is 5.32 Å². The topological polar surface area (TPSA) is 99.6 Å². The van der Waals surface area contributed by atoms with Gasteiger partial charge in [-0.2, -0.15) is 0 Å². The molecule has 1 aliphatic rings. The van der Waals surface area contributed by atoms with Crippen molar-refractivity contribution in [1.29, 1.82) is 0 Å². The largest absolute Gasteiger partial charge is 0.478 e. The van der Waals surface area contributed by atoms with E-state index in [9.17, 15) is 14.4 Å². The normalized spacial score (nSPS) is 16.1. The third-order valence-corrected chi connectivity index (χ3v) is 4.64. The summed E-state index contributed by atoms with van der Waals surface area (Å²) in [5.74, 6) is -1.12. The van der Waals surface area contributed by atoms with Crippen molar-refractivity contribution >= 4 is 17.8 Å². The minimum absolute atomic E-state index is 0.0312. The Morgan fingerprint density at radius 1 is 1.15 bits per heavy atom. The summed E-state index contributed by atoms with van der Waals surface area (Å²) in [6.07, 6.45) is 4.51. The molecule has 2 aromatic rings. The first kappa shape index (κ1) is 18.6. The number of aromatic nitrogens is 1. The highest BCUT2D eigenvalue weighted by Crippen LogP contribution is 2.21. The van der Waals surface area contributed by atoms with Gasteiger partial charge in [-0.05, 0) is 42.5 Å². The number of carboxylic acid groups (broad SMARTS) is 1. The Morgan fingerprint density at radius 2 is 1.93 bits per heavy atom. The third kappa shape index (κ3) is 4.91. The zero-order valence-corrected chi connectivity index (χ0v) is 14.8. The fourth-order valence-corrected chi connectivity index (χ4v) is 3.23. The van der Waals surface area contributed by atoms with Gasteiger partial charge in [0, 0.05) is 31.0 Å². The van der Waals surface area contributed by atoms with Crippen LogP contribution >= 0.6 is 0 Å². The molecule has 1 fully saturated rings. The molecule has 2 amide bonds. The van der Waals surface area contributed by atoms with Gasteiger partial charge in [-0.3, -0.25) is 14.6 Å². The molecule has 27 heavy (non-hydrogen) atoms. The van der Waals surface area contributed by atoms with Gasteiger partial charge in [0.1, 0.15) is 0 Å². The van der Waals surface area contributed by atoms with Crippen LogP contribution in [0, 0.1) is 5.92 Å². The van der Waals surface area contributed by atoms with E-state index in [2.05, 4.69) is 10.3 Å². The van der Waals surface area contributed by atoms with Gasteiger partial charge in [0.15, 0.2) is 0 Å². The Balaban J connectivity index is 1.49. The predicted molar refractivity (Wildman–Crippen MR) is 98.4 cm³/mol. The molecular formula is C20H21N3O4. The zero-order chi connectivity index (χ0) is 19.2. The summed E-state index contributed by atoms with van der Waals surface area (Å²) in [6.45, 7) is 1.20. The van der Waals surface area contributed by atoms with Crippen LogP contribution in [-0.4, -0.2) is 52.4 Å². The zero-order valence-electron chi connectivity index (χ0n) is 14.8. The van der Waals surface area contributed by atoms with Crippen molar-refractivity contribution in [2.45, 2.75) is 12.8 Å². The molecule has 2 N–H and O–H groups in total. The lowest BCUT2D eigenvalue weighted by Gasteiger charge is -2.17. The molecule has 1 saturated heterocycles. The number of benzene rings is 1. The third-order valence-electron chi connectivity index (χ3n) is 4.64. The van der Waals surface area contributed by atoms with Crippen LogP contribution in [0.3, 0.4) is 0 Å². The number of aromatic carboxylic acids is 1. The number of rotatable bonds is 6. The molecule has 1 aliphatic heterocycles. The summed E-state index contributed by atoms with van der Waals surface area (Å²) in [5.41, 5.74) is 1.55. The van der Waals surface area contributed by atoms with Crippen molar-refractivity contribution in [3.8, 4) is 0 Å². The van der Waals surface area contributed by atoms with Crippen LogP contribution in [-0.2, 0) is 11.2 Å². The number of likely N-dealkylation sites (tertiary alicyclic amines) is 1. The van der Waals surface area contributed by atoms with Crippen LogP contribution in [0.2, 0.25) is 0 Å². The van der Waals surface area contributed by atoms with Gasteiger partial charge in [0.25, 0.3) is 5.91 Å². The van der Waals surface area contributed by atoms with Crippen molar-refractivity contribution in [2.75, 3.05) is 19.6 Å². The van der Waals surface area contributed by atoms with Crippen LogP contribution in [0.1, 0.15) is 32.7 Å². The Kier molecular flexibility index (Phi) is 5.80. The summed E-state index contributed by atoms with van der Waals surface area (Å²) in [4.78, 5) is 41.1. The summed E-state index contributed by atoms with van der Waals surface area (Å²) in [7, 11) is 0. The van der Waals surface area contributed by atoms with E-state index in [0.29, 0.717) is 25.1 Å². The van der Waals surface area contributed by atoms with E-state index in [-0.39, 0.29) is 29.8 Å². The number of pyridine rings is 1. The molecule has 0 spiro atoms. The van der Waals surface area contributed by atoms with Crippen molar-refractivity contribution < 1.29 is 19.5 Å². The minimum Gasteiger partial charge on any atom is -0.478 e. The fourth-order valence-electron chi connectivity index (χ4n) is 3.23. The number of nitrogens with zero attached hydrogens (tertiary/aromatic N) is 2. The van der Waals surface area contributed by atoms with Crippen LogP contribution in [0.5, 0.6) is 0 Å². The standard InChI is InChI=1S/C20H21N3O4/c24-18(12-22-19(25)16-4-2-1-3-5-16)23-7-6-14(13-23)8-15-9-17(20(26)27)11-21-10-15/h1-5,9-11,14H,6-8,12-13H2,(H,22,25)(H,26,27). The number of carboxylic acids is 1. The second kappa shape index (κ2) is 8.44. The van der Waals surface area contributed by atoms with Gasteiger partial charge in [-0.1, -0.05) is 18.2 Å². The van der Waals surface area contributed by atoms with Gasteiger partial charge in [0.2, 0.25) is 5.91 Å². The number of carbonyl (C=O) groups excluding carboxylic acids is 2. The van der Waals surface area contributed by atoms with E-state index in [1.54, 1.807) is 41.4 Å². The van der Waals surface area contributed by atoms with E-state index in [1.807, 2.05) is 6.07 Å². The van der Waals surface area contributed by atoms with Crippen LogP contribution in [0.25, 0.3) is 0 Å². The van der Waals surface area contributed by atoms with Crippen LogP contribution in [0.15, 0.2) is 48.8 Å².